The predicted octanol–water partition coefficient (Wildman–Crippen LogP) is 2.57. The largest absolute Gasteiger partial charge is 0.379 e. The van der Waals surface area contributed by atoms with E-state index in [-0.39, 0.29) is 44.4 Å². The van der Waals surface area contributed by atoms with E-state index in [9.17, 15) is 17.2 Å². The summed E-state index contributed by atoms with van der Waals surface area (Å²) in [6.45, 7) is 0.909. The Bertz CT molecular complexity index is 1160. The van der Waals surface area contributed by atoms with E-state index in [1.807, 2.05) is 0 Å². The summed E-state index contributed by atoms with van der Waals surface area (Å²) < 4.78 is 65.3. The molecule has 0 saturated carbocycles. The molecule has 0 bridgehead atoms. The van der Waals surface area contributed by atoms with Crippen molar-refractivity contribution in [2.75, 3.05) is 39.9 Å². The van der Waals surface area contributed by atoms with Gasteiger partial charge in [0.25, 0.3) is 0 Å². The number of rotatable bonds is 4. The second-order valence-electron chi connectivity index (χ2n) is 7.42. The van der Waals surface area contributed by atoms with Crippen molar-refractivity contribution in [3.8, 4) is 0 Å². The Morgan fingerprint density at radius 2 is 1.79 bits per heavy atom. The van der Waals surface area contributed by atoms with Gasteiger partial charge in [0.2, 0.25) is 5.96 Å². The second-order valence-corrected chi connectivity index (χ2v) is 9.45. The number of hydrogen-bond acceptors (Lipinski definition) is 4. The van der Waals surface area contributed by atoms with Crippen LogP contribution in [0.2, 0.25) is 5.02 Å². The first kappa shape index (κ1) is 23.6. The van der Waals surface area contributed by atoms with Crippen LogP contribution in [0.15, 0.2) is 52.0 Å². The SMILES string of the molecule is CN/C(=N\S(=O)(=O)N1CCOCC1)N1CC(c2c(F)cccc2F)C(c2ccc(Cl)cc2)=N1. The summed E-state index contributed by atoms with van der Waals surface area (Å²) in [5.41, 5.74) is 0.809. The number of benzene rings is 2. The van der Waals surface area contributed by atoms with Gasteiger partial charge >= 0.3 is 10.2 Å². The average molecular weight is 498 g/mol. The highest BCUT2D eigenvalue weighted by molar-refractivity contribution is 7.87. The van der Waals surface area contributed by atoms with Gasteiger partial charge in [0.15, 0.2) is 0 Å². The normalized spacial score (nSPS) is 20.1. The molecule has 176 valence electrons. The maximum atomic E-state index is 14.7. The number of halogens is 3. The molecule has 1 N–H and O–H groups in total. The summed E-state index contributed by atoms with van der Waals surface area (Å²) in [5, 5.41) is 9.05. The molecular weight excluding hydrogens is 476 g/mol. The van der Waals surface area contributed by atoms with Crippen molar-refractivity contribution >= 4 is 33.5 Å². The number of hydrogen-bond donors (Lipinski definition) is 1. The first-order valence-electron chi connectivity index (χ1n) is 10.2. The number of morpholine rings is 1. The molecule has 8 nitrogen and oxygen atoms in total. The maximum Gasteiger partial charge on any atom is 0.325 e. The van der Waals surface area contributed by atoms with E-state index in [4.69, 9.17) is 16.3 Å². The standard InChI is InChI=1S/C21H22ClF2N5O3S/c1-25-21(27-33(30,31)28-9-11-32-12-10-28)29-13-16(19-17(23)3-2-4-18(19)24)20(26-29)14-5-7-15(22)8-6-14/h2-8,16H,9-13H2,1H3,(H,25,27). The second kappa shape index (κ2) is 9.72. The quantitative estimate of drug-likeness (QED) is 0.518. The first-order valence-corrected chi connectivity index (χ1v) is 12.0. The van der Waals surface area contributed by atoms with Gasteiger partial charge in [-0.15, -0.1) is 4.40 Å². The Labute approximate surface area is 195 Å². The van der Waals surface area contributed by atoms with E-state index in [0.717, 1.165) is 0 Å². The van der Waals surface area contributed by atoms with Crippen molar-refractivity contribution in [2.24, 2.45) is 9.50 Å². The van der Waals surface area contributed by atoms with E-state index in [0.29, 0.717) is 16.3 Å². The third-order valence-electron chi connectivity index (χ3n) is 5.37. The van der Waals surface area contributed by atoms with Crippen molar-refractivity contribution in [2.45, 2.75) is 5.92 Å². The van der Waals surface area contributed by atoms with Crippen LogP contribution in [0.1, 0.15) is 17.0 Å². The molecule has 1 atom stereocenters. The topological polar surface area (TPSA) is 86.6 Å². The smallest absolute Gasteiger partial charge is 0.325 e. The van der Waals surface area contributed by atoms with Crippen molar-refractivity contribution in [3.63, 3.8) is 0 Å². The van der Waals surface area contributed by atoms with Crippen LogP contribution >= 0.6 is 11.6 Å². The number of guanidine groups is 1. The molecule has 12 heteroatoms. The molecule has 2 aliphatic rings. The van der Waals surface area contributed by atoms with Gasteiger partial charge in [-0.3, -0.25) is 0 Å². The lowest BCUT2D eigenvalue weighted by molar-refractivity contribution is 0.0730. The Kier molecular flexibility index (Phi) is 6.94. The van der Waals surface area contributed by atoms with Gasteiger partial charge in [-0.2, -0.15) is 17.8 Å². The molecule has 0 amide bonds. The zero-order chi connectivity index (χ0) is 23.6. The Balaban J connectivity index is 1.74. The van der Waals surface area contributed by atoms with E-state index in [1.165, 1.54) is 34.6 Å². The van der Waals surface area contributed by atoms with Crippen molar-refractivity contribution in [1.82, 2.24) is 14.6 Å². The van der Waals surface area contributed by atoms with Gasteiger partial charge in [0, 0.05) is 30.7 Å². The minimum Gasteiger partial charge on any atom is -0.379 e. The third kappa shape index (κ3) is 5.01. The lowest BCUT2D eigenvalue weighted by atomic mass is 9.90. The zero-order valence-electron chi connectivity index (χ0n) is 17.7. The minimum atomic E-state index is -4.02. The summed E-state index contributed by atoms with van der Waals surface area (Å²) in [6.07, 6.45) is 0. The van der Waals surface area contributed by atoms with Crippen LogP contribution in [0, 0.1) is 11.6 Å². The first-order chi connectivity index (χ1) is 15.8. The monoisotopic (exact) mass is 497 g/mol. The summed E-state index contributed by atoms with van der Waals surface area (Å²) in [5.74, 6) is -2.30. The van der Waals surface area contributed by atoms with Crippen molar-refractivity contribution in [1.29, 1.82) is 0 Å². The molecule has 0 radical (unpaired) electrons. The van der Waals surface area contributed by atoms with E-state index in [2.05, 4.69) is 14.8 Å². The molecule has 0 aliphatic carbocycles. The average Bonchev–Trinajstić information content (AvgIpc) is 3.23. The lowest BCUT2D eigenvalue weighted by Gasteiger charge is -2.25. The van der Waals surface area contributed by atoms with Crippen LogP contribution in [0.25, 0.3) is 0 Å². The van der Waals surface area contributed by atoms with Crippen molar-refractivity contribution < 1.29 is 21.9 Å². The number of nitrogens with zero attached hydrogens (tertiary/aromatic N) is 4. The maximum absolute atomic E-state index is 14.7. The van der Waals surface area contributed by atoms with E-state index >= 15 is 0 Å². The molecule has 1 unspecified atom stereocenters. The molecule has 2 aromatic carbocycles. The van der Waals surface area contributed by atoms with Gasteiger partial charge in [0.05, 0.1) is 31.4 Å². The fourth-order valence-electron chi connectivity index (χ4n) is 3.75. The van der Waals surface area contributed by atoms with Crippen LogP contribution in [-0.4, -0.2) is 69.3 Å². The zero-order valence-corrected chi connectivity index (χ0v) is 19.3. The predicted molar refractivity (Wildman–Crippen MR) is 122 cm³/mol. The summed E-state index contributed by atoms with van der Waals surface area (Å²) in [4.78, 5) is 0. The van der Waals surface area contributed by atoms with Crippen LogP contribution in [0.4, 0.5) is 8.78 Å². The minimum absolute atomic E-state index is 0.0197. The summed E-state index contributed by atoms with van der Waals surface area (Å²) in [6, 6.07) is 10.3. The summed E-state index contributed by atoms with van der Waals surface area (Å²) >= 11 is 5.99. The number of ether oxygens (including phenoxy) is 1. The Hall–Kier alpha value is -2.60. The van der Waals surface area contributed by atoms with Crippen LogP contribution in [0.5, 0.6) is 0 Å². The highest BCUT2D eigenvalue weighted by Gasteiger charge is 2.36. The van der Waals surface area contributed by atoms with Gasteiger partial charge in [0.1, 0.15) is 11.6 Å². The van der Waals surface area contributed by atoms with Crippen LogP contribution in [0.3, 0.4) is 0 Å². The molecule has 4 rings (SSSR count). The van der Waals surface area contributed by atoms with Gasteiger partial charge in [-0.25, -0.2) is 13.8 Å². The molecular formula is C21H22ClF2N5O3S. The lowest BCUT2D eigenvalue weighted by Crippen LogP contribution is -2.42. The molecule has 2 aromatic rings. The van der Waals surface area contributed by atoms with Crippen LogP contribution < -0.4 is 5.32 Å². The molecule has 1 saturated heterocycles. The molecule has 2 aliphatic heterocycles. The molecule has 0 aromatic heterocycles. The van der Waals surface area contributed by atoms with E-state index in [1.54, 1.807) is 24.3 Å². The van der Waals surface area contributed by atoms with Crippen molar-refractivity contribution in [3.05, 3.63) is 70.2 Å². The fraction of sp³-hybridized carbons (Fsp3) is 0.333. The number of hydrazone groups is 1. The molecule has 0 spiro atoms. The van der Waals surface area contributed by atoms with Gasteiger partial charge in [-0.1, -0.05) is 29.8 Å². The Morgan fingerprint density at radius 1 is 1.15 bits per heavy atom. The molecule has 33 heavy (non-hydrogen) atoms. The number of nitrogens with one attached hydrogen (secondary N) is 1. The highest BCUT2D eigenvalue weighted by Crippen LogP contribution is 2.32. The fourth-order valence-corrected chi connectivity index (χ4v) is 5.01. The summed E-state index contributed by atoms with van der Waals surface area (Å²) in [7, 11) is -2.51. The van der Waals surface area contributed by atoms with E-state index < -0.39 is 27.8 Å². The van der Waals surface area contributed by atoms with Crippen LogP contribution in [-0.2, 0) is 14.9 Å². The molecule has 1 fully saturated rings. The Morgan fingerprint density at radius 3 is 2.39 bits per heavy atom. The van der Waals surface area contributed by atoms with Gasteiger partial charge < -0.3 is 10.1 Å². The highest BCUT2D eigenvalue weighted by atomic mass is 35.5. The third-order valence-corrected chi connectivity index (χ3v) is 7.04. The molecule has 2 heterocycles. The van der Waals surface area contributed by atoms with Gasteiger partial charge in [-0.05, 0) is 29.8 Å².